The van der Waals surface area contributed by atoms with Gasteiger partial charge in [0.15, 0.2) is 5.76 Å². The molecule has 0 bridgehead atoms. The fourth-order valence-corrected chi connectivity index (χ4v) is 2.58. The highest BCUT2D eigenvalue weighted by Gasteiger charge is 2.13. The molecule has 100 valence electrons. The Balaban J connectivity index is 1.90. The van der Waals surface area contributed by atoms with Crippen LogP contribution in [0.5, 0.6) is 0 Å². The topological polar surface area (TPSA) is 42.2 Å². The number of nitrogens with one attached hydrogen (secondary N) is 1. The summed E-state index contributed by atoms with van der Waals surface area (Å²) in [5, 5.41) is 3.73. The van der Waals surface area contributed by atoms with E-state index in [1.54, 1.807) is 6.07 Å². The first kappa shape index (κ1) is 13.4. The van der Waals surface area contributed by atoms with Gasteiger partial charge in [-0.15, -0.1) is 0 Å². The molecule has 1 N–H and O–H groups in total. The summed E-state index contributed by atoms with van der Waals surface area (Å²) in [6, 6.07) is 14.8. The first-order valence-corrected chi connectivity index (χ1v) is 7.47. The van der Waals surface area contributed by atoms with Crippen LogP contribution in [0.3, 0.4) is 0 Å². The molecule has 0 aliphatic carbocycles. The second-order valence-electron chi connectivity index (χ2n) is 4.23. The zero-order valence-corrected chi connectivity index (χ0v) is 13.4. The molecular formula is C15H9Br2NO2. The van der Waals surface area contributed by atoms with E-state index >= 15 is 0 Å². The highest BCUT2D eigenvalue weighted by atomic mass is 79.9. The van der Waals surface area contributed by atoms with E-state index in [-0.39, 0.29) is 11.7 Å². The number of hydrogen-bond acceptors (Lipinski definition) is 2. The van der Waals surface area contributed by atoms with Gasteiger partial charge in [0.05, 0.1) is 5.69 Å². The van der Waals surface area contributed by atoms with Gasteiger partial charge in [-0.3, -0.25) is 4.79 Å². The van der Waals surface area contributed by atoms with Crippen LogP contribution < -0.4 is 5.32 Å². The molecule has 20 heavy (non-hydrogen) atoms. The number of para-hydroxylation sites is 1. The largest absolute Gasteiger partial charge is 0.451 e. The molecule has 1 aromatic heterocycles. The molecule has 2 aromatic carbocycles. The number of carbonyl (C=O) groups excluding carboxylic acids is 1. The van der Waals surface area contributed by atoms with Crippen LogP contribution in [0, 0.1) is 0 Å². The molecule has 1 amide bonds. The summed E-state index contributed by atoms with van der Waals surface area (Å²) in [6.45, 7) is 0. The summed E-state index contributed by atoms with van der Waals surface area (Å²) < 4.78 is 7.23. The Kier molecular flexibility index (Phi) is 3.63. The molecule has 0 aliphatic rings. The minimum atomic E-state index is -0.278. The summed E-state index contributed by atoms with van der Waals surface area (Å²) in [6.07, 6.45) is 0. The van der Waals surface area contributed by atoms with E-state index in [4.69, 9.17) is 4.42 Å². The molecule has 0 spiro atoms. The van der Waals surface area contributed by atoms with Crippen LogP contribution in [0.1, 0.15) is 10.6 Å². The van der Waals surface area contributed by atoms with Crippen LogP contribution in [0.15, 0.2) is 61.9 Å². The van der Waals surface area contributed by atoms with Crippen LogP contribution in [0.25, 0.3) is 11.0 Å². The van der Waals surface area contributed by atoms with Crippen molar-refractivity contribution in [3.63, 3.8) is 0 Å². The Morgan fingerprint density at radius 1 is 1.05 bits per heavy atom. The van der Waals surface area contributed by atoms with Gasteiger partial charge in [-0.2, -0.15) is 0 Å². The van der Waals surface area contributed by atoms with E-state index in [0.29, 0.717) is 11.3 Å². The second-order valence-corrected chi connectivity index (χ2v) is 6.00. The molecule has 3 nitrogen and oxygen atoms in total. The van der Waals surface area contributed by atoms with E-state index in [2.05, 4.69) is 37.2 Å². The first-order valence-electron chi connectivity index (χ1n) is 5.88. The van der Waals surface area contributed by atoms with Crippen molar-refractivity contribution in [2.45, 2.75) is 0 Å². The van der Waals surface area contributed by atoms with Crippen LogP contribution in [0.2, 0.25) is 0 Å². The van der Waals surface area contributed by atoms with Crippen molar-refractivity contribution < 1.29 is 9.21 Å². The molecular weight excluding hydrogens is 386 g/mol. The number of halogens is 2. The van der Waals surface area contributed by atoms with Gasteiger partial charge >= 0.3 is 0 Å². The quantitative estimate of drug-likeness (QED) is 0.648. The maximum atomic E-state index is 12.2. The van der Waals surface area contributed by atoms with Crippen molar-refractivity contribution >= 4 is 54.4 Å². The zero-order valence-electron chi connectivity index (χ0n) is 10.2. The van der Waals surface area contributed by atoms with E-state index in [1.165, 1.54) is 0 Å². The lowest BCUT2D eigenvalue weighted by molar-refractivity contribution is 0.0998. The molecule has 0 fully saturated rings. The predicted octanol–water partition coefficient (Wildman–Crippen LogP) is 5.21. The highest BCUT2D eigenvalue weighted by Crippen LogP contribution is 2.27. The SMILES string of the molecule is O=C(Nc1cc(Br)ccc1Br)c1cc2ccccc2o1. The molecule has 0 saturated carbocycles. The smallest absolute Gasteiger partial charge is 0.291 e. The lowest BCUT2D eigenvalue weighted by Crippen LogP contribution is -2.11. The standard InChI is InChI=1S/C15H9Br2NO2/c16-10-5-6-11(17)12(8-10)18-15(19)14-7-9-3-1-2-4-13(9)20-14/h1-8H,(H,18,19). The molecule has 1 heterocycles. The Morgan fingerprint density at radius 3 is 2.65 bits per heavy atom. The van der Waals surface area contributed by atoms with Crippen LogP contribution in [-0.4, -0.2) is 5.91 Å². The molecule has 0 radical (unpaired) electrons. The number of rotatable bonds is 2. The fraction of sp³-hybridized carbons (Fsp3) is 0. The maximum Gasteiger partial charge on any atom is 0.291 e. The van der Waals surface area contributed by atoms with E-state index in [1.807, 2.05) is 42.5 Å². The van der Waals surface area contributed by atoms with Crippen molar-refractivity contribution in [2.24, 2.45) is 0 Å². The van der Waals surface area contributed by atoms with E-state index < -0.39 is 0 Å². The summed E-state index contributed by atoms with van der Waals surface area (Å²) >= 11 is 6.78. The van der Waals surface area contributed by atoms with E-state index in [0.717, 1.165) is 14.3 Å². The molecule has 0 unspecified atom stereocenters. The molecule has 5 heteroatoms. The third-order valence-electron chi connectivity index (χ3n) is 2.83. The Labute approximate surface area is 132 Å². The Bertz CT molecular complexity index is 762. The molecule has 0 atom stereocenters. The van der Waals surface area contributed by atoms with Gasteiger partial charge in [0, 0.05) is 14.3 Å². The predicted molar refractivity (Wildman–Crippen MR) is 86.0 cm³/mol. The summed E-state index contributed by atoms with van der Waals surface area (Å²) in [5.74, 6) is 0.0121. The van der Waals surface area contributed by atoms with Crippen molar-refractivity contribution in [2.75, 3.05) is 5.32 Å². The monoisotopic (exact) mass is 393 g/mol. The van der Waals surface area contributed by atoms with Gasteiger partial charge in [0.2, 0.25) is 0 Å². The summed E-state index contributed by atoms with van der Waals surface area (Å²) in [5.41, 5.74) is 1.38. The normalized spacial score (nSPS) is 10.7. The third-order valence-corrected chi connectivity index (χ3v) is 4.01. The van der Waals surface area contributed by atoms with Crippen molar-refractivity contribution in [3.05, 3.63) is 63.2 Å². The van der Waals surface area contributed by atoms with Crippen molar-refractivity contribution in [1.29, 1.82) is 0 Å². The van der Waals surface area contributed by atoms with Gasteiger partial charge < -0.3 is 9.73 Å². The summed E-state index contributed by atoms with van der Waals surface area (Å²) in [7, 11) is 0. The van der Waals surface area contributed by atoms with Gasteiger partial charge in [0.1, 0.15) is 5.58 Å². The lowest BCUT2D eigenvalue weighted by atomic mass is 10.2. The number of carbonyl (C=O) groups is 1. The number of benzene rings is 2. The zero-order chi connectivity index (χ0) is 14.1. The average Bonchev–Trinajstić information content (AvgIpc) is 2.87. The maximum absolute atomic E-state index is 12.2. The first-order chi connectivity index (χ1) is 9.63. The lowest BCUT2D eigenvalue weighted by Gasteiger charge is -2.06. The third kappa shape index (κ3) is 2.64. The molecule has 0 aliphatic heterocycles. The number of hydrogen-bond donors (Lipinski definition) is 1. The Hall–Kier alpha value is -1.59. The molecule has 3 aromatic rings. The molecule has 3 rings (SSSR count). The van der Waals surface area contributed by atoms with Crippen LogP contribution >= 0.6 is 31.9 Å². The van der Waals surface area contributed by atoms with Crippen molar-refractivity contribution in [1.82, 2.24) is 0 Å². The average molecular weight is 395 g/mol. The number of furan rings is 1. The molecule has 0 saturated heterocycles. The number of amides is 1. The van der Waals surface area contributed by atoms with E-state index in [9.17, 15) is 4.79 Å². The minimum absolute atomic E-state index is 0.278. The van der Waals surface area contributed by atoms with Gasteiger partial charge in [0.25, 0.3) is 5.91 Å². The number of anilines is 1. The second kappa shape index (κ2) is 5.42. The summed E-state index contributed by atoms with van der Waals surface area (Å²) in [4.78, 5) is 12.2. The highest BCUT2D eigenvalue weighted by molar-refractivity contribution is 9.11. The van der Waals surface area contributed by atoms with Gasteiger partial charge in [-0.1, -0.05) is 34.1 Å². The Morgan fingerprint density at radius 2 is 1.85 bits per heavy atom. The fourth-order valence-electron chi connectivity index (χ4n) is 1.87. The van der Waals surface area contributed by atoms with Gasteiger partial charge in [-0.05, 0) is 46.3 Å². The van der Waals surface area contributed by atoms with Crippen molar-refractivity contribution in [3.8, 4) is 0 Å². The minimum Gasteiger partial charge on any atom is -0.451 e. The van der Waals surface area contributed by atoms with Gasteiger partial charge in [-0.25, -0.2) is 0 Å². The number of fused-ring (bicyclic) bond motifs is 1. The van der Waals surface area contributed by atoms with Crippen LogP contribution in [0.4, 0.5) is 5.69 Å². The van der Waals surface area contributed by atoms with Crippen LogP contribution in [-0.2, 0) is 0 Å².